The Morgan fingerprint density at radius 1 is 1.12 bits per heavy atom. The predicted octanol–water partition coefficient (Wildman–Crippen LogP) is 4.89. The number of methoxy groups -OCH3 is 1. The number of halogens is 1. The maximum Gasteiger partial charge on any atom is 0.143 e. The first-order valence-electron chi connectivity index (χ1n) is 10.4. The number of rotatable bonds is 5. The fourth-order valence-electron chi connectivity index (χ4n) is 3.93. The van der Waals surface area contributed by atoms with Crippen molar-refractivity contribution in [1.29, 1.82) is 0 Å². The van der Waals surface area contributed by atoms with Crippen LogP contribution in [0.2, 0.25) is 0 Å². The van der Waals surface area contributed by atoms with Gasteiger partial charge in [0.25, 0.3) is 0 Å². The van der Waals surface area contributed by atoms with E-state index in [2.05, 4.69) is 9.55 Å². The predicted molar refractivity (Wildman–Crippen MR) is 121 cm³/mol. The molecule has 0 radical (unpaired) electrons. The molecule has 0 saturated heterocycles. The van der Waals surface area contributed by atoms with Crippen molar-refractivity contribution in [2.75, 3.05) is 13.7 Å². The van der Waals surface area contributed by atoms with Gasteiger partial charge in [-0.25, -0.2) is 14.4 Å². The highest BCUT2D eigenvalue weighted by Gasteiger charge is 2.20. The number of hydrogen-bond donors (Lipinski definition) is 0. The minimum atomic E-state index is -0.263. The van der Waals surface area contributed by atoms with Crippen molar-refractivity contribution in [3.05, 3.63) is 83.6 Å². The maximum absolute atomic E-state index is 13.4. The van der Waals surface area contributed by atoms with E-state index >= 15 is 0 Å². The molecule has 0 N–H and O–H groups in total. The van der Waals surface area contributed by atoms with Crippen LogP contribution in [0.25, 0.3) is 29.1 Å². The first-order chi connectivity index (χ1) is 15.6. The fourth-order valence-corrected chi connectivity index (χ4v) is 3.93. The highest BCUT2D eigenvalue weighted by molar-refractivity contribution is 5.72. The number of ether oxygens (including phenoxy) is 2. The second kappa shape index (κ2) is 8.43. The molecule has 2 aromatic heterocycles. The topological polar surface area (TPSA) is 54.1 Å². The fraction of sp³-hybridized carbons (Fsp3) is 0.200. The molecule has 1 aliphatic heterocycles. The molecule has 0 spiro atoms. The van der Waals surface area contributed by atoms with Crippen LogP contribution in [-0.4, -0.2) is 32.8 Å². The number of imidazole rings is 2. The van der Waals surface area contributed by atoms with E-state index in [9.17, 15) is 4.39 Å². The number of aromatic nitrogens is 4. The van der Waals surface area contributed by atoms with Crippen LogP contribution < -0.4 is 4.74 Å². The highest BCUT2D eigenvalue weighted by atomic mass is 19.1. The van der Waals surface area contributed by atoms with Gasteiger partial charge in [0.2, 0.25) is 0 Å². The first kappa shape index (κ1) is 20.2. The summed E-state index contributed by atoms with van der Waals surface area (Å²) < 4.78 is 28.8. The number of nitrogens with zero attached hydrogens (tertiary/aromatic N) is 4. The average Bonchev–Trinajstić information content (AvgIpc) is 3.42. The van der Waals surface area contributed by atoms with Gasteiger partial charge in [0.05, 0.1) is 49.4 Å². The maximum atomic E-state index is 13.4. The summed E-state index contributed by atoms with van der Waals surface area (Å²) in [6, 6.07) is 12.5. The summed E-state index contributed by atoms with van der Waals surface area (Å²) in [5, 5.41) is 0. The lowest BCUT2D eigenvalue weighted by atomic mass is 10.1. The lowest BCUT2D eigenvalue weighted by molar-refractivity contribution is 0.0852. The van der Waals surface area contributed by atoms with Gasteiger partial charge in [-0.05, 0) is 55.0 Å². The largest absolute Gasteiger partial charge is 0.495 e. The Kier molecular flexibility index (Phi) is 5.33. The normalized spacial score (nSPS) is 13.5. The second-order valence-electron chi connectivity index (χ2n) is 7.66. The Morgan fingerprint density at radius 3 is 2.72 bits per heavy atom. The molecule has 0 aliphatic carbocycles. The third kappa shape index (κ3) is 3.83. The van der Waals surface area contributed by atoms with Crippen LogP contribution in [0.15, 0.2) is 55.0 Å². The van der Waals surface area contributed by atoms with Crippen LogP contribution in [-0.2, 0) is 17.9 Å². The van der Waals surface area contributed by atoms with E-state index in [1.165, 1.54) is 12.1 Å². The van der Waals surface area contributed by atoms with Gasteiger partial charge in [-0.2, -0.15) is 0 Å². The van der Waals surface area contributed by atoms with Crippen LogP contribution in [0.1, 0.15) is 22.8 Å². The quantitative estimate of drug-likeness (QED) is 0.452. The van der Waals surface area contributed by atoms with Gasteiger partial charge in [0.1, 0.15) is 17.4 Å². The van der Waals surface area contributed by atoms with E-state index in [0.717, 1.165) is 52.0 Å². The molecular weight excluding hydrogens is 407 g/mol. The molecule has 0 unspecified atom stereocenters. The van der Waals surface area contributed by atoms with Gasteiger partial charge >= 0.3 is 0 Å². The van der Waals surface area contributed by atoms with Gasteiger partial charge in [0.15, 0.2) is 0 Å². The number of aryl methyl sites for hydroxylation is 1. The molecule has 0 bridgehead atoms. The summed E-state index contributed by atoms with van der Waals surface area (Å²) in [4.78, 5) is 9.14. The van der Waals surface area contributed by atoms with E-state index in [0.29, 0.717) is 13.2 Å². The summed E-state index contributed by atoms with van der Waals surface area (Å²) >= 11 is 0. The molecule has 0 saturated carbocycles. The molecule has 162 valence electrons. The van der Waals surface area contributed by atoms with Crippen LogP contribution in [0, 0.1) is 12.7 Å². The van der Waals surface area contributed by atoms with Crippen LogP contribution in [0.4, 0.5) is 4.39 Å². The van der Waals surface area contributed by atoms with Gasteiger partial charge in [-0.15, -0.1) is 0 Å². The van der Waals surface area contributed by atoms with Gasteiger partial charge < -0.3 is 18.6 Å². The van der Waals surface area contributed by atoms with Crippen molar-refractivity contribution in [1.82, 2.24) is 19.1 Å². The van der Waals surface area contributed by atoms with E-state index in [4.69, 9.17) is 14.5 Å². The van der Waals surface area contributed by atoms with Crippen LogP contribution >= 0.6 is 0 Å². The SMILES string of the molecule is COc1cc(/C=C/c2nc(-c3ccc(F)cc3)c3n2CCOC3)ccc1-n1cnc(C)c1. The van der Waals surface area contributed by atoms with Gasteiger partial charge in [-0.3, -0.25) is 0 Å². The Hall–Kier alpha value is -3.71. The Labute approximate surface area is 185 Å². The molecule has 32 heavy (non-hydrogen) atoms. The molecule has 7 heteroatoms. The van der Waals surface area contributed by atoms with Crippen molar-refractivity contribution in [3.8, 4) is 22.7 Å². The molecular formula is C25H23FN4O2. The zero-order chi connectivity index (χ0) is 22.1. The molecule has 3 heterocycles. The van der Waals surface area contributed by atoms with Crippen LogP contribution in [0.5, 0.6) is 5.75 Å². The molecule has 2 aromatic carbocycles. The van der Waals surface area contributed by atoms with Gasteiger partial charge in [-0.1, -0.05) is 12.1 Å². The Morgan fingerprint density at radius 2 is 1.97 bits per heavy atom. The monoisotopic (exact) mass is 430 g/mol. The number of benzene rings is 2. The Bertz CT molecular complexity index is 1290. The van der Waals surface area contributed by atoms with E-state index in [1.54, 1.807) is 25.6 Å². The van der Waals surface area contributed by atoms with Crippen molar-refractivity contribution in [2.24, 2.45) is 0 Å². The number of hydrogen-bond acceptors (Lipinski definition) is 4. The number of fused-ring (bicyclic) bond motifs is 1. The lowest BCUT2D eigenvalue weighted by Crippen LogP contribution is -2.17. The zero-order valence-corrected chi connectivity index (χ0v) is 18.0. The minimum absolute atomic E-state index is 0.263. The summed E-state index contributed by atoms with van der Waals surface area (Å²) in [6.45, 7) is 3.81. The molecule has 0 atom stereocenters. The second-order valence-corrected chi connectivity index (χ2v) is 7.66. The van der Waals surface area contributed by atoms with Crippen molar-refractivity contribution >= 4 is 12.2 Å². The van der Waals surface area contributed by atoms with Crippen molar-refractivity contribution in [2.45, 2.75) is 20.1 Å². The van der Waals surface area contributed by atoms with E-state index in [1.807, 2.05) is 48.0 Å². The Balaban J connectivity index is 1.48. The molecule has 6 nitrogen and oxygen atoms in total. The third-order valence-corrected chi connectivity index (χ3v) is 5.54. The summed E-state index contributed by atoms with van der Waals surface area (Å²) in [5.41, 5.74) is 5.58. The van der Waals surface area contributed by atoms with Crippen LogP contribution in [0.3, 0.4) is 0 Å². The summed E-state index contributed by atoms with van der Waals surface area (Å²) in [7, 11) is 1.66. The molecule has 0 fully saturated rings. The van der Waals surface area contributed by atoms with E-state index < -0.39 is 0 Å². The highest BCUT2D eigenvalue weighted by Crippen LogP contribution is 2.29. The molecule has 1 aliphatic rings. The minimum Gasteiger partial charge on any atom is -0.495 e. The summed E-state index contributed by atoms with van der Waals surface area (Å²) in [5.74, 6) is 1.34. The average molecular weight is 430 g/mol. The van der Waals surface area contributed by atoms with E-state index in [-0.39, 0.29) is 5.82 Å². The van der Waals surface area contributed by atoms with Crippen molar-refractivity contribution in [3.63, 3.8) is 0 Å². The molecule has 4 aromatic rings. The summed E-state index contributed by atoms with van der Waals surface area (Å²) in [6.07, 6.45) is 7.75. The smallest absolute Gasteiger partial charge is 0.143 e. The lowest BCUT2D eigenvalue weighted by Gasteiger charge is -2.17. The standard InChI is InChI=1S/C25H23FN4O2/c1-17-14-29(16-27-17)21-9-3-18(13-23(21)31-2)4-10-24-28-25(19-5-7-20(26)8-6-19)22-15-32-12-11-30(22)24/h3-10,13-14,16H,11-12,15H2,1-2H3/b10-4+. The third-order valence-electron chi connectivity index (χ3n) is 5.54. The first-order valence-corrected chi connectivity index (χ1v) is 10.4. The van der Waals surface area contributed by atoms with Gasteiger partial charge in [0, 0.05) is 18.3 Å². The molecule has 5 rings (SSSR count). The zero-order valence-electron chi connectivity index (χ0n) is 18.0. The van der Waals surface area contributed by atoms with Crippen molar-refractivity contribution < 1.29 is 13.9 Å². The molecule has 0 amide bonds.